The van der Waals surface area contributed by atoms with E-state index in [1.165, 1.54) is 0 Å². The third-order valence-corrected chi connectivity index (χ3v) is 4.22. The van der Waals surface area contributed by atoms with Crippen LogP contribution in [0.4, 0.5) is 0 Å². The van der Waals surface area contributed by atoms with Crippen LogP contribution in [-0.4, -0.2) is 36.4 Å². The summed E-state index contributed by atoms with van der Waals surface area (Å²) in [5, 5.41) is 3.16. The topological polar surface area (TPSA) is 58.6 Å². The molecule has 2 amide bonds. The summed E-state index contributed by atoms with van der Waals surface area (Å²) in [5.74, 6) is 0.0577. The molecule has 5 nitrogen and oxygen atoms in total. The van der Waals surface area contributed by atoms with Crippen molar-refractivity contribution in [3.8, 4) is 5.75 Å². The minimum absolute atomic E-state index is 0.166. The number of amides is 2. The van der Waals surface area contributed by atoms with Crippen LogP contribution in [0.2, 0.25) is 5.02 Å². The molecule has 0 aliphatic heterocycles. The maximum absolute atomic E-state index is 12.8. The molecule has 0 spiro atoms. The van der Waals surface area contributed by atoms with Gasteiger partial charge in [0.1, 0.15) is 11.8 Å². The number of carbonyl (C=O) groups excluding carboxylic acids is 2. The zero-order valence-corrected chi connectivity index (χ0v) is 15.7. The van der Waals surface area contributed by atoms with E-state index >= 15 is 0 Å². The molecule has 2 rings (SSSR count). The summed E-state index contributed by atoms with van der Waals surface area (Å²) < 4.78 is 5.57. The number of benzene rings is 2. The van der Waals surface area contributed by atoms with E-state index in [0.717, 1.165) is 5.56 Å². The lowest BCUT2D eigenvalue weighted by Crippen LogP contribution is -2.49. The number of likely N-dealkylation sites (N-methyl/N-ethyl adjacent to an activating group) is 1. The van der Waals surface area contributed by atoms with Crippen molar-refractivity contribution in [1.82, 2.24) is 10.2 Å². The van der Waals surface area contributed by atoms with E-state index in [1.807, 2.05) is 37.3 Å². The fourth-order valence-corrected chi connectivity index (χ4v) is 2.83. The number of hydrogen-bond donors (Lipinski definition) is 1. The van der Waals surface area contributed by atoms with Crippen LogP contribution in [0.25, 0.3) is 0 Å². The summed E-state index contributed by atoms with van der Waals surface area (Å²) in [6, 6.07) is 15.9. The quantitative estimate of drug-likeness (QED) is 0.771. The molecule has 0 unspecified atom stereocenters. The first-order chi connectivity index (χ1) is 12.5. The fourth-order valence-electron chi connectivity index (χ4n) is 2.65. The van der Waals surface area contributed by atoms with Crippen molar-refractivity contribution in [3.05, 3.63) is 65.2 Å². The third kappa shape index (κ3) is 5.49. The van der Waals surface area contributed by atoms with E-state index < -0.39 is 6.04 Å². The smallest absolute Gasteiger partial charge is 0.261 e. The van der Waals surface area contributed by atoms with Crippen molar-refractivity contribution < 1.29 is 14.3 Å². The molecule has 138 valence electrons. The Hall–Kier alpha value is -2.53. The van der Waals surface area contributed by atoms with E-state index in [1.54, 1.807) is 36.2 Å². The summed E-state index contributed by atoms with van der Waals surface area (Å²) in [7, 11) is 1.57. The Morgan fingerprint density at radius 3 is 2.50 bits per heavy atom. The van der Waals surface area contributed by atoms with Gasteiger partial charge in [0.15, 0.2) is 6.61 Å². The molecule has 0 saturated heterocycles. The molecule has 0 fully saturated rings. The predicted molar refractivity (Wildman–Crippen MR) is 102 cm³/mol. The van der Waals surface area contributed by atoms with Crippen LogP contribution < -0.4 is 10.1 Å². The first-order valence-electron chi connectivity index (χ1n) is 8.48. The molecule has 0 bridgehead atoms. The Morgan fingerprint density at radius 1 is 1.15 bits per heavy atom. The molecule has 0 aliphatic carbocycles. The number of halogens is 1. The second-order valence-electron chi connectivity index (χ2n) is 5.79. The highest BCUT2D eigenvalue weighted by Crippen LogP contribution is 2.18. The van der Waals surface area contributed by atoms with Gasteiger partial charge < -0.3 is 15.0 Å². The van der Waals surface area contributed by atoms with Crippen LogP contribution in [0, 0.1) is 0 Å². The van der Waals surface area contributed by atoms with Crippen molar-refractivity contribution in [1.29, 1.82) is 0 Å². The van der Waals surface area contributed by atoms with E-state index in [9.17, 15) is 9.59 Å². The number of nitrogens with one attached hydrogen (secondary N) is 1. The van der Waals surface area contributed by atoms with Gasteiger partial charge in [-0.15, -0.1) is 0 Å². The van der Waals surface area contributed by atoms with Gasteiger partial charge in [-0.2, -0.15) is 0 Å². The number of carbonyl (C=O) groups is 2. The Labute approximate surface area is 158 Å². The molecular formula is C20H23ClN2O3. The minimum atomic E-state index is -0.560. The molecular weight excluding hydrogens is 352 g/mol. The minimum Gasteiger partial charge on any atom is -0.484 e. The lowest BCUT2D eigenvalue weighted by atomic mass is 10.1. The molecule has 26 heavy (non-hydrogen) atoms. The lowest BCUT2D eigenvalue weighted by Gasteiger charge is -2.30. The van der Waals surface area contributed by atoms with Gasteiger partial charge in [-0.05, 0) is 30.2 Å². The highest BCUT2D eigenvalue weighted by atomic mass is 35.5. The summed E-state index contributed by atoms with van der Waals surface area (Å²) in [4.78, 5) is 26.6. The maximum Gasteiger partial charge on any atom is 0.261 e. The van der Waals surface area contributed by atoms with Crippen LogP contribution in [-0.2, 0) is 16.1 Å². The van der Waals surface area contributed by atoms with Crippen LogP contribution in [0.15, 0.2) is 54.6 Å². The molecule has 0 aliphatic rings. The van der Waals surface area contributed by atoms with Gasteiger partial charge >= 0.3 is 0 Å². The highest BCUT2D eigenvalue weighted by Gasteiger charge is 2.28. The second kappa shape index (κ2) is 9.82. The SMILES string of the molecule is CC[C@@H](C(=O)NC)N(Cc1ccccc1)C(=O)COc1cccc(Cl)c1. The third-order valence-electron chi connectivity index (χ3n) is 3.99. The van der Waals surface area contributed by atoms with E-state index in [0.29, 0.717) is 23.7 Å². The first-order valence-corrected chi connectivity index (χ1v) is 8.86. The molecule has 2 aromatic rings. The van der Waals surface area contributed by atoms with Gasteiger partial charge in [-0.3, -0.25) is 9.59 Å². The monoisotopic (exact) mass is 374 g/mol. The van der Waals surface area contributed by atoms with Gasteiger partial charge in [0, 0.05) is 18.6 Å². The van der Waals surface area contributed by atoms with Crippen molar-refractivity contribution in [3.63, 3.8) is 0 Å². The molecule has 1 N–H and O–H groups in total. The molecule has 0 radical (unpaired) electrons. The van der Waals surface area contributed by atoms with Crippen LogP contribution in [0.1, 0.15) is 18.9 Å². The van der Waals surface area contributed by atoms with Crippen LogP contribution >= 0.6 is 11.6 Å². The average molecular weight is 375 g/mol. The highest BCUT2D eigenvalue weighted by molar-refractivity contribution is 6.30. The van der Waals surface area contributed by atoms with Crippen molar-refractivity contribution in [2.45, 2.75) is 25.9 Å². The van der Waals surface area contributed by atoms with Crippen LogP contribution in [0.3, 0.4) is 0 Å². The molecule has 2 aromatic carbocycles. The molecule has 0 heterocycles. The van der Waals surface area contributed by atoms with Gasteiger partial charge in [-0.25, -0.2) is 0 Å². The number of rotatable bonds is 8. The van der Waals surface area contributed by atoms with Crippen molar-refractivity contribution in [2.24, 2.45) is 0 Å². The summed E-state index contributed by atoms with van der Waals surface area (Å²) in [5.41, 5.74) is 0.950. The van der Waals surface area contributed by atoms with Gasteiger partial charge in [0.25, 0.3) is 5.91 Å². The van der Waals surface area contributed by atoms with E-state index in [4.69, 9.17) is 16.3 Å². The Kier molecular flexibility index (Phi) is 7.48. The zero-order valence-electron chi connectivity index (χ0n) is 14.9. The van der Waals surface area contributed by atoms with Crippen molar-refractivity contribution >= 4 is 23.4 Å². The normalized spacial score (nSPS) is 11.5. The summed E-state index contributed by atoms with van der Waals surface area (Å²) in [6.07, 6.45) is 0.509. The standard InChI is InChI=1S/C20H23ClN2O3/c1-3-18(20(25)22-2)23(13-15-8-5-4-6-9-15)19(24)14-26-17-11-7-10-16(21)12-17/h4-12,18H,3,13-14H2,1-2H3,(H,22,25)/t18-/m0/s1. The molecule has 6 heteroatoms. The van der Waals surface area contributed by atoms with Crippen LogP contribution in [0.5, 0.6) is 5.75 Å². The number of ether oxygens (including phenoxy) is 1. The Morgan fingerprint density at radius 2 is 1.88 bits per heavy atom. The predicted octanol–water partition coefficient (Wildman–Crippen LogP) is 3.27. The molecule has 0 aromatic heterocycles. The Bertz CT molecular complexity index is 737. The van der Waals surface area contributed by atoms with E-state index in [-0.39, 0.29) is 18.4 Å². The largest absolute Gasteiger partial charge is 0.484 e. The van der Waals surface area contributed by atoms with Crippen molar-refractivity contribution in [2.75, 3.05) is 13.7 Å². The lowest BCUT2D eigenvalue weighted by molar-refractivity contribution is -0.142. The average Bonchev–Trinajstić information content (AvgIpc) is 2.66. The van der Waals surface area contributed by atoms with Gasteiger partial charge in [0.05, 0.1) is 0 Å². The summed E-state index contributed by atoms with van der Waals surface area (Å²) in [6.45, 7) is 2.05. The summed E-state index contributed by atoms with van der Waals surface area (Å²) >= 11 is 5.94. The Balaban J connectivity index is 2.15. The first kappa shape index (κ1) is 19.8. The number of hydrogen-bond acceptors (Lipinski definition) is 3. The molecule has 1 atom stereocenters. The van der Waals surface area contributed by atoms with Gasteiger partial charge in [-0.1, -0.05) is 54.9 Å². The molecule has 0 saturated carbocycles. The van der Waals surface area contributed by atoms with E-state index in [2.05, 4.69) is 5.32 Å². The zero-order chi connectivity index (χ0) is 18.9. The van der Waals surface area contributed by atoms with Gasteiger partial charge in [0.2, 0.25) is 5.91 Å². The fraction of sp³-hybridized carbons (Fsp3) is 0.300. The number of nitrogens with zero attached hydrogens (tertiary/aromatic N) is 1. The maximum atomic E-state index is 12.8. The second-order valence-corrected chi connectivity index (χ2v) is 6.23.